The quantitative estimate of drug-likeness (QED) is 0.886. The molecule has 1 heterocycles. The lowest BCUT2D eigenvalue weighted by atomic mass is 10.1. The van der Waals surface area contributed by atoms with Crippen LogP contribution in [0.5, 0.6) is 5.75 Å². The zero-order chi connectivity index (χ0) is 13.0. The minimum absolute atomic E-state index is 0.00348. The molecule has 2 aromatic rings. The van der Waals surface area contributed by atoms with Crippen molar-refractivity contribution in [1.29, 1.82) is 0 Å². The van der Waals surface area contributed by atoms with Crippen LogP contribution in [0.3, 0.4) is 0 Å². The molecule has 0 radical (unpaired) electrons. The molecule has 1 unspecified atom stereocenters. The van der Waals surface area contributed by atoms with Gasteiger partial charge in [0.15, 0.2) is 0 Å². The van der Waals surface area contributed by atoms with Gasteiger partial charge >= 0.3 is 0 Å². The first-order valence-corrected chi connectivity index (χ1v) is 5.84. The summed E-state index contributed by atoms with van der Waals surface area (Å²) in [5.74, 6) is 2.02. The number of furan rings is 1. The predicted octanol–water partition coefficient (Wildman–Crippen LogP) is 2.85. The minimum atomic E-state index is -0.278. The first-order chi connectivity index (χ1) is 8.69. The van der Waals surface area contributed by atoms with Crippen molar-refractivity contribution in [2.24, 2.45) is 5.73 Å². The summed E-state index contributed by atoms with van der Waals surface area (Å²) in [4.78, 5) is 0. The summed E-state index contributed by atoms with van der Waals surface area (Å²) in [6.07, 6.45) is 0. The Balaban J connectivity index is 1.97. The third-order valence-corrected chi connectivity index (χ3v) is 2.71. The second-order valence-electron chi connectivity index (χ2n) is 4.15. The van der Waals surface area contributed by atoms with Crippen molar-refractivity contribution < 1.29 is 13.5 Å². The third kappa shape index (κ3) is 3.11. The fraction of sp³-hybridized carbons (Fsp3) is 0.286. The molecule has 18 heavy (non-hydrogen) atoms. The molecule has 0 fully saturated rings. The van der Waals surface area contributed by atoms with Gasteiger partial charge in [0, 0.05) is 6.54 Å². The first kappa shape index (κ1) is 12.6. The van der Waals surface area contributed by atoms with E-state index >= 15 is 0 Å². The van der Waals surface area contributed by atoms with Gasteiger partial charge in [-0.25, -0.2) is 4.39 Å². The van der Waals surface area contributed by atoms with Crippen LogP contribution >= 0.6 is 0 Å². The zero-order valence-electron chi connectivity index (χ0n) is 10.2. The van der Waals surface area contributed by atoms with E-state index in [0.29, 0.717) is 18.9 Å². The highest BCUT2D eigenvalue weighted by molar-refractivity contribution is 5.22. The summed E-state index contributed by atoms with van der Waals surface area (Å²) in [5, 5.41) is 0. The number of aryl methyl sites for hydroxylation is 1. The van der Waals surface area contributed by atoms with E-state index in [-0.39, 0.29) is 11.7 Å². The normalized spacial score (nSPS) is 12.4. The number of hydrogen-bond acceptors (Lipinski definition) is 3. The number of benzene rings is 1. The maximum Gasteiger partial charge on any atom is 0.123 e. The molecule has 0 aliphatic rings. The van der Waals surface area contributed by atoms with Crippen LogP contribution in [0.15, 0.2) is 40.8 Å². The van der Waals surface area contributed by atoms with Crippen LogP contribution in [0, 0.1) is 12.7 Å². The third-order valence-electron chi connectivity index (χ3n) is 2.71. The van der Waals surface area contributed by atoms with Crippen molar-refractivity contribution >= 4 is 0 Å². The smallest absolute Gasteiger partial charge is 0.123 e. The summed E-state index contributed by atoms with van der Waals surface area (Å²) in [7, 11) is 0. The molecule has 1 aromatic heterocycles. The average molecular weight is 249 g/mol. The van der Waals surface area contributed by atoms with Gasteiger partial charge in [0.1, 0.15) is 23.1 Å². The fourth-order valence-electron chi connectivity index (χ4n) is 1.67. The lowest BCUT2D eigenvalue weighted by molar-refractivity contribution is 0.271. The Morgan fingerprint density at radius 2 is 1.94 bits per heavy atom. The molecule has 0 saturated heterocycles. The standard InChI is InChI=1S/C14H16FNO2/c1-10-2-7-14(18-10)11(8-16)9-17-13-5-3-12(15)4-6-13/h2-7,11H,8-9,16H2,1H3. The van der Waals surface area contributed by atoms with Crippen molar-refractivity contribution in [2.75, 3.05) is 13.2 Å². The maximum atomic E-state index is 12.7. The molecule has 1 aromatic carbocycles. The number of rotatable bonds is 5. The molecule has 0 aliphatic carbocycles. The summed E-state index contributed by atoms with van der Waals surface area (Å²) in [6, 6.07) is 9.72. The van der Waals surface area contributed by atoms with E-state index in [9.17, 15) is 4.39 Å². The van der Waals surface area contributed by atoms with Gasteiger partial charge in [0.05, 0.1) is 12.5 Å². The molecule has 0 saturated carbocycles. The molecular weight excluding hydrogens is 233 g/mol. The SMILES string of the molecule is Cc1ccc(C(CN)COc2ccc(F)cc2)o1. The van der Waals surface area contributed by atoms with Crippen molar-refractivity contribution in [3.8, 4) is 5.75 Å². The zero-order valence-corrected chi connectivity index (χ0v) is 10.2. The van der Waals surface area contributed by atoms with Gasteiger partial charge in [0.2, 0.25) is 0 Å². The highest BCUT2D eigenvalue weighted by Gasteiger charge is 2.14. The lowest BCUT2D eigenvalue weighted by Crippen LogP contribution is -2.19. The van der Waals surface area contributed by atoms with Crippen molar-refractivity contribution in [1.82, 2.24) is 0 Å². The second kappa shape index (κ2) is 5.69. The summed E-state index contributed by atoms with van der Waals surface area (Å²) in [6.45, 7) is 2.74. The van der Waals surface area contributed by atoms with Gasteiger partial charge in [-0.3, -0.25) is 0 Å². The van der Waals surface area contributed by atoms with E-state index in [2.05, 4.69) is 0 Å². The van der Waals surface area contributed by atoms with Gasteiger partial charge in [-0.05, 0) is 43.3 Å². The van der Waals surface area contributed by atoms with E-state index in [1.54, 1.807) is 12.1 Å². The summed E-state index contributed by atoms with van der Waals surface area (Å²) < 4.78 is 23.8. The van der Waals surface area contributed by atoms with Crippen LogP contribution in [-0.2, 0) is 0 Å². The Hall–Kier alpha value is -1.81. The van der Waals surface area contributed by atoms with E-state index in [4.69, 9.17) is 14.9 Å². The number of hydrogen-bond donors (Lipinski definition) is 1. The van der Waals surface area contributed by atoms with Gasteiger partial charge in [0.25, 0.3) is 0 Å². The fourth-order valence-corrected chi connectivity index (χ4v) is 1.67. The maximum absolute atomic E-state index is 12.7. The van der Waals surface area contributed by atoms with Crippen molar-refractivity contribution in [3.05, 3.63) is 53.7 Å². The van der Waals surface area contributed by atoms with E-state index in [0.717, 1.165) is 11.5 Å². The molecule has 1 atom stereocenters. The van der Waals surface area contributed by atoms with Crippen LogP contribution in [0.4, 0.5) is 4.39 Å². The Morgan fingerprint density at radius 1 is 1.22 bits per heavy atom. The minimum Gasteiger partial charge on any atom is -0.493 e. The molecule has 2 rings (SSSR count). The molecule has 96 valence electrons. The van der Waals surface area contributed by atoms with Gasteiger partial charge in [-0.15, -0.1) is 0 Å². The van der Waals surface area contributed by atoms with Crippen LogP contribution in [-0.4, -0.2) is 13.2 Å². The topological polar surface area (TPSA) is 48.4 Å². The molecule has 0 bridgehead atoms. The Kier molecular flexibility index (Phi) is 3.99. The highest BCUT2D eigenvalue weighted by Crippen LogP contribution is 2.20. The predicted molar refractivity (Wildman–Crippen MR) is 67.1 cm³/mol. The van der Waals surface area contributed by atoms with Gasteiger partial charge in [-0.2, -0.15) is 0 Å². The Morgan fingerprint density at radius 3 is 2.50 bits per heavy atom. The number of nitrogens with two attached hydrogens (primary N) is 1. The average Bonchev–Trinajstić information content (AvgIpc) is 2.79. The van der Waals surface area contributed by atoms with E-state index in [1.165, 1.54) is 12.1 Å². The highest BCUT2D eigenvalue weighted by atomic mass is 19.1. The first-order valence-electron chi connectivity index (χ1n) is 5.84. The Bertz CT molecular complexity index is 493. The number of ether oxygens (including phenoxy) is 1. The van der Waals surface area contributed by atoms with E-state index in [1.807, 2.05) is 19.1 Å². The van der Waals surface area contributed by atoms with Gasteiger partial charge < -0.3 is 14.9 Å². The molecule has 0 aliphatic heterocycles. The molecule has 2 N–H and O–H groups in total. The summed E-state index contributed by atoms with van der Waals surface area (Å²) >= 11 is 0. The van der Waals surface area contributed by atoms with Crippen LogP contribution in [0.2, 0.25) is 0 Å². The largest absolute Gasteiger partial charge is 0.493 e. The van der Waals surface area contributed by atoms with Crippen molar-refractivity contribution in [3.63, 3.8) is 0 Å². The summed E-state index contributed by atoms with van der Waals surface area (Å²) in [5.41, 5.74) is 5.70. The van der Waals surface area contributed by atoms with Crippen LogP contribution in [0.25, 0.3) is 0 Å². The Labute approximate surface area is 105 Å². The molecular formula is C14H16FNO2. The van der Waals surface area contributed by atoms with Crippen LogP contribution in [0.1, 0.15) is 17.4 Å². The van der Waals surface area contributed by atoms with Crippen molar-refractivity contribution in [2.45, 2.75) is 12.8 Å². The number of halogens is 1. The second-order valence-corrected chi connectivity index (χ2v) is 4.15. The molecule has 0 amide bonds. The van der Waals surface area contributed by atoms with Crippen LogP contribution < -0.4 is 10.5 Å². The lowest BCUT2D eigenvalue weighted by Gasteiger charge is -2.13. The van der Waals surface area contributed by atoms with Gasteiger partial charge in [-0.1, -0.05) is 0 Å². The molecule has 0 spiro atoms. The molecule has 3 nitrogen and oxygen atoms in total. The monoisotopic (exact) mass is 249 g/mol. The van der Waals surface area contributed by atoms with E-state index < -0.39 is 0 Å². The molecule has 4 heteroatoms.